The average Bonchev–Trinajstić information content (AvgIpc) is 2.91. The zero-order chi connectivity index (χ0) is 16.2. The van der Waals surface area contributed by atoms with Crippen molar-refractivity contribution in [2.24, 2.45) is 0 Å². The molecule has 0 aromatic heterocycles. The van der Waals surface area contributed by atoms with Gasteiger partial charge in [0.05, 0.1) is 0 Å². The van der Waals surface area contributed by atoms with Gasteiger partial charge in [-0.3, -0.25) is 4.79 Å². The van der Waals surface area contributed by atoms with E-state index in [1.807, 2.05) is 42.2 Å². The summed E-state index contributed by atoms with van der Waals surface area (Å²) in [6.45, 7) is 6.41. The van der Waals surface area contributed by atoms with E-state index in [0.717, 1.165) is 24.9 Å². The van der Waals surface area contributed by atoms with Gasteiger partial charge in [0.1, 0.15) is 12.1 Å². The highest BCUT2D eigenvalue weighted by Gasteiger charge is 2.37. The van der Waals surface area contributed by atoms with Crippen LogP contribution in [0.1, 0.15) is 39.2 Å². The Kier molecular flexibility index (Phi) is 5.06. The van der Waals surface area contributed by atoms with Crippen LogP contribution in [0.5, 0.6) is 0 Å². The molecule has 1 heterocycles. The second kappa shape index (κ2) is 6.81. The van der Waals surface area contributed by atoms with Gasteiger partial charge in [0, 0.05) is 12.6 Å². The molecule has 5 heteroatoms. The van der Waals surface area contributed by atoms with Crippen LogP contribution in [0.3, 0.4) is 0 Å². The molecule has 120 valence electrons. The third-order valence-corrected chi connectivity index (χ3v) is 3.98. The molecule has 1 aromatic carbocycles. The quantitative estimate of drug-likeness (QED) is 0.930. The summed E-state index contributed by atoms with van der Waals surface area (Å²) in [5.41, 5.74) is -0.0539. The second-order valence-corrected chi connectivity index (χ2v) is 6.30. The number of carbonyl (C=O) groups excluding carboxylic acids is 2. The number of hydrogen-bond donors (Lipinski definition) is 1. The Morgan fingerprint density at radius 2 is 2.00 bits per heavy atom. The van der Waals surface area contributed by atoms with Gasteiger partial charge < -0.3 is 15.0 Å². The molecule has 22 heavy (non-hydrogen) atoms. The van der Waals surface area contributed by atoms with Gasteiger partial charge >= 0.3 is 6.09 Å². The lowest BCUT2D eigenvalue weighted by atomic mass is 10.0. The van der Waals surface area contributed by atoms with Gasteiger partial charge in [-0.1, -0.05) is 30.3 Å². The molecule has 2 rings (SSSR count). The topological polar surface area (TPSA) is 58.6 Å². The Labute approximate surface area is 131 Å². The maximum Gasteiger partial charge on any atom is 0.408 e. The normalized spacial score (nSPS) is 18.1. The van der Waals surface area contributed by atoms with Crippen LogP contribution in [0.15, 0.2) is 30.3 Å². The second-order valence-electron chi connectivity index (χ2n) is 6.30. The summed E-state index contributed by atoms with van der Waals surface area (Å²) >= 11 is 0. The highest BCUT2D eigenvalue weighted by molar-refractivity contribution is 5.89. The van der Waals surface area contributed by atoms with Crippen LogP contribution in [-0.4, -0.2) is 35.0 Å². The van der Waals surface area contributed by atoms with Crippen molar-refractivity contribution < 1.29 is 14.3 Å². The van der Waals surface area contributed by atoms with Crippen molar-refractivity contribution >= 4 is 12.0 Å². The van der Waals surface area contributed by atoms with E-state index in [-0.39, 0.29) is 18.6 Å². The van der Waals surface area contributed by atoms with Crippen LogP contribution in [0.25, 0.3) is 0 Å². The fourth-order valence-corrected chi connectivity index (χ4v) is 2.66. The number of nitrogens with zero attached hydrogens (tertiary/aromatic N) is 1. The molecular weight excluding hydrogens is 280 g/mol. The lowest BCUT2D eigenvalue weighted by molar-refractivity contribution is -0.137. The van der Waals surface area contributed by atoms with E-state index < -0.39 is 11.6 Å². The number of amides is 2. The van der Waals surface area contributed by atoms with E-state index in [0.29, 0.717) is 0 Å². The minimum absolute atomic E-state index is 0.0610. The molecule has 1 saturated heterocycles. The first-order chi connectivity index (χ1) is 10.4. The monoisotopic (exact) mass is 304 g/mol. The number of nitrogens with one attached hydrogen (secondary N) is 1. The van der Waals surface area contributed by atoms with E-state index in [4.69, 9.17) is 4.74 Å². The zero-order valence-corrected chi connectivity index (χ0v) is 13.5. The minimum Gasteiger partial charge on any atom is -0.445 e. The number of benzene rings is 1. The Morgan fingerprint density at radius 3 is 2.59 bits per heavy atom. The molecule has 1 fully saturated rings. The van der Waals surface area contributed by atoms with Crippen LogP contribution in [-0.2, 0) is 16.1 Å². The first kappa shape index (κ1) is 16.3. The van der Waals surface area contributed by atoms with Gasteiger partial charge in [-0.15, -0.1) is 0 Å². The molecule has 0 saturated carbocycles. The summed E-state index contributed by atoms with van der Waals surface area (Å²) in [5, 5.41) is 2.67. The SMILES string of the molecule is C[C@@H]1CCCN1C(=O)C(C)(C)NC(=O)OCc1ccccc1. The van der Waals surface area contributed by atoms with Gasteiger partial charge in [-0.25, -0.2) is 4.79 Å². The van der Waals surface area contributed by atoms with Gasteiger partial charge in [-0.2, -0.15) is 0 Å². The summed E-state index contributed by atoms with van der Waals surface area (Å²) < 4.78 is 5.18. The molecule has 1 aliphatic heterocycles. The summed E-state index contributed by atoms with van der Waals surface area (Å²) in [5.74, 6) is -0.0610. The number of ether oxygens (including phenoxy) is 1. The summed E-state index contributed by atoms with van der Waals surface area (Å²) in [7, 11) is 0. The molecule has 0 unspecified atom stereocenters. The fourth-order valence-electron chi connectivity index (χ4n) is 2.66. The lowest BCUT2D eigenvalue weighted by Crippen LogP contribution is -2.56. The largest absolute Gasteiger partial charge is 0.445 e. The highest BCUT2D eigenvalue weighted by Crippen LogP contribution is 2.20. The van der Waals surface area contributed by atoms with Crippen molar-refractivity contribution in [3.8, 4) is 0 Å². The average molecular weight is 304 g/mol. The van der Waals surface area contributed by atoms with Crippen LogP contribution >= 0.6 is 0 Å². The first-order valence-corrected chi connectivity index (χ1v) is 7.70. The molecular formula is C17H24N2O3. The number of rotatable bonds is 4. The number of likely N-dealkylation sites (tertiary alicyclic amines) is 1. The summed E-state index contributed by atoms with van der Waals surface area (Å²) in [6, 6.07) is 9.68. The van der Waals surface area contributed by atoms with Gasteiger partial charge in [0.15, 0.2) is 0 Å². The standard InChI is InChI=1S/C17H24N2O3/c1-13-8-7-11-19(13)15(20)17(2,3)18-16(21)22-12-14-9-5-4-6-10-14/h4-6,9-10,13H,7-8,11-12H2,1-3H3,(H,18,21)/t13-/m1/s1. The predicted molar refractivity (Wildman–Crippen MR) is 84.3 cm³/mol. The molecule has 1 aliphatic rings. The van der Waals surface area contributed by atoms with Crippen molar-refractivity contribution in [1.29, 1.82) is 0 Å². The minimum atomic E-state index is -0.966. The first-order valence-electron chi connectivity index (χ1n) is 7.70. The predicted octanol–water partition coefficient (Wildman–Crippen LogP) is 2.70. The summed E-state index contributed by atoms with van der Waals surface area (Å²) in [6.07, 6.45) is 1.45. The van der Waals surface area contributed by atoms with E-state index in [1.165, 1.54) is 0 Å². The third kappa shape index (κ3) is 4.00. The van der Waals surface area contributed by atoms with E-state index in [1.54, 1.807) is 13.8 Å². The molecule has 2 amide bonds. The van der Waals surface area contributed by atoms with Gasteiger partial charge in [0.2, 0.25) is 5.91 Å². The maximum absolute atomic E-state index is 12.5. The molecule has 1 aromatic rings. The van der Waals surface area contributed by atoms with E-state index in [2.05, 4.69) is 5.32 Å². The van der Waals surface area contributed by atoms with Crippen LogP contribution in [0.4, 0.5) is 4.79 Å². The Balaban J connectivity index is 1.87. The van der Waals surface area contributed by atoms with E-state index in [9.17, 15) is 9.59 Å². The molecule has 5 nitrogen and oxygen atoms in total. The lowest BCUT2D eigenvalue weighted by Gasteiger charge is -2.32. The molecule has 1 atom stereocenters. The molecule has 0 aliphatic carbocycles. The number of carbonyl (C=O) groups is 2. The van der Waals surface area contributed by atoms with Crippen LogP contribution in [0, 0.1) is 0 Å². The van der Waals surface area contributed by atoms with Crippen molar-refractivity contribution in [1.82, 2.24) is 10.2 Å². The van der Waals surface area contributed by atoms with Gasteiger partial charge in [0.25, 0.3) is 0 Å². The smallest absolute Gasteiger partial charge is 0.408 e. The van der Waals surface area contributed by atoms with Crippen molar-refractivity contribution in [3.63, 3.8) is 0 Å². The highest BCUT2D eigenvalue weighted by atomic mass is 16.5. The van der Waals surface area contributed by atoms with Crippen molar-refractivity contribution in [2.75, 3.05) is 6.54 Å². The van der Waals surface area contributed by atoms with Crippen LogP contribution in [0.2, 0.25) is 0 Å². The zero-order valence-electron chi connectivity index (χ0n) is 13.5. The maximum atomic E-state index is 12.5. The molecule has 0 spiro atoms. The molecule has 0 radical (unpaired) electrons. The Morgan fingerprint density at radius 1 is 1.32 bits per heavy atom. The van der Waals surface area contributed by atoms with Crippen molar-refractivity contribution in [2.45, 2.75) is 51.8 Å². The van der Waals surface area contributed by atoms with Crippen molar-refractivity contribution in [3.05, 3.63) is 35.9 Å². The van der Waals surface area contributed by atoms with Crippen LogP contribution < -0.4 is 5.32 Å². The molecule has 0 bridgehead atoms. The molecule has 1 N–H and O–H groups in total. The number of hydrogen-bond acceptors (Lipinski definition) is 3. The number of alkyl carbamates (subject to hydrolysis) is 1. The fraction of sp³-hybridized carbons (Fsp3) is 0.529. The summed E-state index contributed by atoms with van der Waals surface area (Å²) in [4.78, 5) is 26.3. The third-order valence-electron chi connectivity index (χ3n) is 3.98. The Bertz CT molecular complexity index is 528. The van der Waals surface area contributed by atoms with E-state index >= 15 is 0 Å². The van der Waals surface area contributed by atoms with Gasteiger partial charge in [-0.05, 0) is 39.2 Å². The Hall–Kier alpha value is -2.04.